The first-order valence-electron chi connectivity index (χ1n) is 5.50. The van der Waals surface area contributed by atoms with Gasteiger partial charge in [0.05, 0.1) is 6.04 Å². The highest BCUT2D eigenvalue weighted by Gasteiger charge is 2.21. The number of halogens is 3. The zero-order chi connectivity index (χ0) is 13.1. The van der Waals surface area contributed by atoms with Crippen molar-refractivity contribution in [2.24, 2.45) is 0 Å². The predicted molar refractivity (Wildman–Crippen MR) is 68.7 cm³/mol. The lowest BCUT2D eigenvalue weighted by atomic mass is 9.98. The number of nitrogens with one attached hydrogen (secondary N) is 1. The lowest BCUT2D eigenvalue weighted by Crippen LogP contribution is -2.20. The van der Waals surface area contributed by atoms with Crippen LogP contribution in [0.25, 0.3) is 0 Å². The quantitative estimate of drug-likeness (QED) is 0.889. The van der Waals surface area contributed by atoms with Crippen LogP contribution in [0.5, 0.6) is 0 Å². The van der Waals surface area contributed by atoms with Crippen molar-refractivity contribution in [3.05, 3.63) is 70.2 Å². The fourth-order valence-electron chi connectivity index (χ4n) is 1.95. The van der Waals surface area contributed by atoms with E-state index in [1.165, 1.54) is 18.2 Å². The van der Waals surface area contributed by atoms with Crippen LogP contribution in [0.3, 0.4) is 0 Å². The van der Waals surface area contributed by atoms with Crippen molar-refractivity contribution < 1.29 is 8.78 Å². The Morgan fingerprint density at radius 3 is 2.28 bits per heavy atom. The standard InChI is InChI=1S/C14H12ClF2N/c1-18-14(9-5-2-3-7-11(9)16)13-10(15)6-4-8-12(13)17/h2-8,14,18H,1H3. The summed E-state index contributed by atoms with van der Waals surface area (Å²) in [6.07, 6.45) is 0. The molecule has 0 saturated heterocycles. The molecule has 94 valence electrons. The van der Waals surface area contributed by atoms with E-state index in [1.807, 2.05) is 0 Å². The minimum absolute atomic E-state index is 0.256. The summed E-state index contributed by atoms with van der Waals surface area (Å²) >= 11 is 6.00. The second-order valence-electron chi connectivity index (χ2n) is 3.88. The summed E-state index contributed by atoms with van der Waals surface area (Å²) in [5, 5.41) is 3.17. The number of hydrogen-bond donors (Lipinski definition) is 1. The minimum Gasteiger partial charge on any atom is -0.309 e. The van der Waals surface area contributed by atoms with Crippen molar-refractivity contribution in [1.82, 2.24) is 5.32 Å². The smallest absolute Gasteiger partial charge is 0.129 e. The normalized spacial score (nSPS) is 12.4. The van der Waals surface area contributed by atoms with Crippen molar-refractivity contribution in [1.29, 1.82) is 0 Å². The van der Waals surface area contributed by atoms with Gasteiger partial charge in [0, 0.05) is 16.1 Å². The molecule has 0 fully saturated rings. The van der Waals surface area contributed by atoms with Gasteiger partial charge in [0.2, 0.25) is 0 Å². The van der Waals surface area contributed by atoms with Crippen molar-refractivity contribution in [3.8, 4) is 0 Å². The van der Waals surface area contributed by atoms with Gasteiger partial charge in [-0.1, -0.05) is 35.9 Å². The minimum atomic E-state index is -0.611. The van der Waals surface area contributed by atoms with Crippen molar-refractivity contribution in [2.45, 2.75) is 6.04 Å². The zero-order valence-electron chi connectivity index (χ0n) is 9.75. The third-order valence-electron chi connectivity index (χ3n) is 2.79. The van der Waals surface area contributed by atoms with Crippen LogP contribution in [0.2, 0.25) is 5.02 Å². The van der Waals surface area contributed by atoms with Crippen LogP contribution >= 0.6 is 11.6 Å². The molecule has 0 bridgehead atoms. The summed E-state index contributed by atoms with van der Waals surface area (Å²) in [5.41, 5.74) is 0.624. The van der Waals surface area contributed by atoms with Gasteiger partial charge in [-0.15, -0.1) is 0 Å². The average molecular weight is 268 g/mol. The van der Waals surface area contributed by atoms with Crippen LogP contribution in [0.15, 0.2) is 42.5 Å². The number of hydrogen-bond acceptors (Lipinski definition) is 1. The van der Waals surface area contributed by atoms with Gasteiger partial charge in [-0.25, -0.2) is 8.78 Å². The van der Waals surface area contributed by atoms with Gasteiger partial charge in [-0.2, -0.15) is 0 Å². The lowest BCUT2D eigenvalue weighted by Gasteiger charge is -2.19. The maximum atomic E-state index is 13.9. The molecule has 0 saturated carbocycles. The van der Waals surface area contributed by atoms with Crippen LogP contribution < -0.4 is 5.32 Å². The molecule has 0 amide bonds. The van der Waals surface area contributed by atoms with Gasteiger partial charge >= 0.3 is 0 Å². The molecule has 1 nitrogen and oxygen atoms in total. The van der Waals surface area contributed by atoms with Crippen molar-refractivity contribution in [2.75, 3.05) is 7.05 Å². The van der Waals surface area contributed by atoms with E-state index in [2.05, 4.69) is 5.32 Å². The summed E-state index contributed by atoms with van der Waals surface area (Å²) in [7, 11) is 1.64. The summed E-state index contributed by atoms with van der Waals surface area (Å²) in [4.78, 5) is 0. The Hall–Kier alpha value is -1.45. The number of rotatable bonds is 3. The molecule has 18 heavy (non-hydrogen) atoms. The first-order valence-corrected chi connectivity index (χ1v) is 5.88. The first-order chi connectivity index (χ1) is 8.65. The summed E-state index contributed by atoms with van der Waals surface area (Å²) in [6, 6.07) is 10.1. The Morgan fingerprint density at radius 1 is 1.00 bits per heavy atom. The molecular weight excluding hydrogens is 256 g/mol. The molecule has 4 heteroatoms. The van der Waals surface area contributed by atoms with Crippen LogP contribution in [-0.2, 0) is 0 Å². The lowest BCUT2D eigenvalue weighted by molar-refractivity contribution is 0.547. The van der Waals surface area contributed by atoms with Crippen LogP contribution in [-0.4, -0.2) is 7.05 Å². The second kappa shape index (κ2) is 5.46. The fourth-order valence-corrected chi connectivity index (χ4v) is 2.22. The zero-order valence-corrected chi connectivity index (χ0v) is 10.5. The van der Waals surface area contributed by atoms with Gasteiger partial charge in [0.25, 0.3) is 0 Å². The van der Waals surface area contributed by atoms with E-state index >= 15 is 0 Å². The summed E-state index contributed by atoms with van der Waals surface area (Å²) in [6.45, 7) is 0. The van der Waals surface area contributed by atoms with Crippen molar-refractivity contribution in [3.63, 3.8) is 0 Å². The van der Waals surface area contributed by atoms with Gasteiger partial charge in [-0.05, 0) is 25.2 Å². The molecule has 0 aliphatic heterocycles. The van der Waals surface area contributed by atoms with E-state index in [4.69, 9.17) is 11.6 Å². The topological polar surface area (TPSA) is 12.0 Å². The average Bonchev–Trinajstić information content (AvgIpc) is 2.35. The predicted octanol–water partition coefficient (Wildman–Crippen LogP) is 3.93. The molecule has 1 N–H and O–H groups in total. The van der Waals surface area contributed by atoms with Crippen LogP contribution in [0, 0.1) is 11.6 Å². The first kappa shape index (κ1) is 13.0. The molecule has 1 atom stereocenters. The Bertz CT molecular complexity index is 537. The molecule has 2 aromatic carbocycles. The molecule has 0 heterocycles. The van der Waals surface area contributed by atoms with Crippen molar-refractivity contribution >= 4 is 11.6 Å². The summed E-state index contributed by atoms with van der Waals surface area (Å²) < 4.78 is 27.6. The monoisotopic (exact) mass is 267 g/mol. The van der Waals surface area contributed by atoms with Gasteiger partial charge in [0.15, 0.2) is 0 Å². The van der Waals surface area contributed by atoms with Crippen LogP contribution in [0.4, 0.5) is 8.78 Å². The third-order valence-corrected chi connectivity index (χ3v) is 3.12. The molecular formula is C14H12ClF2N. The third kappa shape index (κ3) is 2.37. The highest BCUT2D eigenvalue weighted by molar-refractivity contribution is 6.31. The van der Waals surface area contributed by atoms with Crippen LogP contribution in [0.1, 0.15) is 17.2 Å². The maximum absolute atomic E-state index is 13.9. The van der Waals surface area contributed by atoms with E-state index in [-0.39, 0.29) is 10.6 Å². The van der Waals surface area contributed by atoms with E-state index in [9.17, 15) is 8.78 Å². The van der Waals surface area contributed by atoms with E-state index in [1.54, 1.807) is 31.3 Å². The Kier molecular flexibility index (Phi) is 3.94. The Balaban J connectivity index is 2.56. The van der Waals surface area contributed by atoms with E-state index < -0.39 is 17.7 Å². The second-order valence-corrected chi connectivity index (χ2v) is 4.29. The molecule has 0 aliphatic rings. The largest absolute Gasteiger partial charge is 0.309 e. The van der Waals surface area contributed by atoms with Gasteiger partial charge in [0.1, 0.15) is 11.6 Å². The fraction of sp³-hybridized carbons (Fsp3) is 0.143. The van der Waals surface area contributed by atoms with Gasteiger partial charge in [-0.3, -0.25) is 0 Å². The number of benzene rings is 2. The molecule has 2 rings (SSSR count). The highest BCUT2D eigenvalue weighted by Crippen LogP contribution is 2.31. The SMILES string of the molecule is CNC(c1ccccc1F)c1c(F)cccc1Cl. The molecule has 0 aliphatic carbocycles. The molecule has 0 spiro atoms. The molecule has 1 unspecified atom stereocenters. The van der Waals surface area contributed by atoms with E-state index in [0.29, 0.717) is 5.56 Å². The molecule has 2 aromatic rings. The summed E-state index contributed by atoms with van der Waals surface area (Å²) in [5.74, 6) is -0.846. The molecule has 0 radical (unpaired) electrons. The highest BCUT2D eigenvalue weighted by atomic mass is 35.5. The Morgan fingerprint density at radius 2 is 1.67 bits per heavy atom. The van der Waals surface area contributed by atoms with E-state index in [0.717, 1.165) is 0 Å². The van der Waals surface area contributed by atoms with Gasteiger partial charge < -0.3 is 5.32 Å². The maximum Gasteiger partial charge on any atom is 0.129 e. The molecule has 0 aromatic heterocycles. The Labute approximate surface area is 109 Å².